The van der Waals surface area contributed by atoms with Crippen molar-refractivity contribution in [1.82, 2.24) is 0 Å². The number of rotatable bonds is 4. The van der Waals surface area contributed by atoms with Gasteiger partial charge in [0.1, 0.15) is 0 Å². The molecule has 0 radical (unpaired) electrons. The minimum Gasteiger partial charge on any atom is -0.545 e. The maximum Gasteiger partial charge on any atom is 1.00 e. The van der Waals surface area contributed by atoms with E-state index in [1.165, 1.54) is 24.3 Å². The van der Waals surface area contributed by atoms with E-state index in [1.54, 1.807) is 0 Å². The first-order chi connectivity index (χ1) is 5.63. The molecule has 0 fully saturated rings. The molecule has 0 aromatic carbocycles. The van der Waals surface area contributed by atoms with E-state index >= 15 is 0 Å². The van der Waals surface area contributed by atoms with Gasteiger partial charge in [0.25, 0.3) is 0 Å². The molecule has 0 N–H and O–H groups in total. The fourth-order valence-electron chi connectivity index (χ4n) is 0.397. The molecule has 0 atom stereocenters. The zero-order valence-electron chi connectivity index (χ0n) is 8.10. The van der Waals surface area contributed by atoms with Crippen molar-refractivity contribution in [1.29, 1.82) is 0 Å². The average Bonchev–Trinajstić information content (AvgIpc) is 1.95. The predicted molar refractivity (Wildman–Crippen MR) is 37.4 cm³/mol. The summed E-state index contributed by atoms with van der Waals surface area (Å²) in [5.41, 5.74) is 0. The molecule has 0 aromatic heterocycles. The van der Waals surface area contributed by atoms with E-state index in [2.05, 4.69) is 0 Å². The molecule has 6 heteroatoms. The number of hydrogen-bond acceptors (Lipinski definition) is 4. The SMILES string of the molecule is O=C([O-])\C=C/C=C\C=C/C(=O)[O-].[Li+].[Li+]. The molecule has 0 unspecified atom stereocenters. The Labute approximate surface area is 106 Å². The van der Waals surface area contributed by atoms with Gasteiger partial charge in [-0.1, -0.05) is 24.3 Å². The van der Waals surface area contributed by atoms with Gasteiger partial charge in [-0.3, -0.25) is 0 Å². The van der Waals surface area contributed by atoms with Crippen molar-refractivity contribution in [3.63, 3.8) is 0 Å². The summed E-state index contributed by atoms with van der Waals surface area (Å²) < 4.78 is 0. The molecule has 14 heavy (non-hydrogen) atoms. The van der Waals surface area contributed by atoms with E-state index in [0.29, 0.717) is 0 Å². The fourth-order valence-corrected chi connectivity index (χ4v) is 0.397. The van der Waals surface area contributed by atoms with Crippen LogP contribution in [0.5, 0.6) is 0 Å². The van der Waals surface area contributed by atoms with E-state index in [1.807, 2.05) is 0 Å². The van der Waals surface area contributed by atoms with Gasteiger partial charge in [0, 0.05) is 0 Å². The van der Waals surface area contributed by atoms with Gasteiger partial charge < -0.3 is 19.8 Å². The van der Waals surface area contributed by atoms with Gasteiger partial charge in [0.15, 0.2) is 0 Å². The third kappa shape index (κ3) is 17.4. The molecule has 4 nitrogen and oxygen atoms in total. The number of allylic oxidation sites excluding steroid dienone is 4. The van der Waals surface area contributed by atoms with Crippen molar-refractivity contribution in [2.45, 2.75) is 0 Å². The Morgan fingerprint density at radius 3 is 1.21 bits per heavy atom. The first-order valence-corrected chi connectivity index (χ1v) is 3.06. The van der Waals surface area contributed by atoms with E-state index in [-0.39, 0.29) is 37.7 Å². The van der Waals surface area contributed by atoms with E-state index in [0.717, 1.165) is 12.2 Å². The van der Waals surface area contributed by atoms with Gasteiger partial charge in [0.05, 0.1) is 11.9 Å². The molecule has 0 aliphatic heterocycles. The summed E-state index contributed by atoms with van der Waals surface area (Å²) in [4.78, 5) is 19.6. The minimum atomic E-state index is -1.30. The zero-order valence-corrected chi connectivity index (χ0v) is 8.10. The Morgan fingerprint density at radius 2 is 1.00 bits per heavy atom. The molecule has 64 valence electrons. The number of carboxylic acid groups (broad SMARTS) is 2. The number of carbonyl (C=O) groups is 2. The van der Waals surface area contributed by atoms with Crippen molar-refractivity contribution >= 4 is 11.9 Å². The summed E-state index contributed by atoms with van der Waals surface area (Å²) in [6, 6.07) is 0. The Morgan fingerprint density at radius 1 is 0.714 bits per heavy atom. The van der Waals surface area contributed by atoms with Crippen LogP contribution in [0.1, 0.15) is 0 Å². The maximum atomic E-state index is 9.79. The Balaban J connectivity index is -0.000000605. The second-order valence-corrected chi connectivity index (χ2v) is 1.74. The molecule has 0 amide bonds. The summed E-state index contributed by atoms with van der Waals surface area (Å²) in [6.07, 6.45) is 6.79. The zero-order chi connectivity index (χ0) is 9.40. The van der Waals surface area contributed by atoms with Crippen molar-refractivity contribution in [2.24, 2.45) is 0 Å². The summed E-state index contributed by atoms with van der Waals surface area (Å²) in [6.45, 7) is 0. The van der Waals surface area contributed by atoms with Crippen molar-refractivity contribution in [2.75, 3.05) is 0 Å². The molecule has 0 spiro atoms. The average molecular weight is 180 g/mol. The predicted octanol–water partition coefficient (Wildman–Crippen LogP) is -7.84. The number of carbonyl (C=O) groups excluding carboxylic acids is 2. The van der Waals surface area contributed by atoms with Crippen molar-refractivity contribution in [3.8, 4) is 0 Å². The van der Waals surface area contributed by atoms with Gasteiger partial charge >= 0.3 is 37.7 Å². The second-order valence-electron chi connectivity index (χ2n) is 1.74. The first kappa shape index (κ1) is 19.0. The first-order valence-electron chi connectivity index (χ1n) is 3.06. The Kier molecular flexibility index (Phi) is 16.8. The summed E-state index contributed by atoms with van der Waals surface area (Å²) in [5.74, 6) is -2.60. The molecule has 0 saturated carbocycles. The Hall–Kier alpha value is -0.645. The number of carboxylic acids is 2. The largest absolute Gasteiger partial charge is 1.00 e. The maximum absolute atomic E-state index is 9.79. The van der Waals surface area contributed by atoms with Crippen LogP contribution < -0.4 is 47.9 Å². The third-order valence-corrected chi connectivity index (χ3v) is 0.798. The third-order valence-electron chi connectivity index (χ3n) is 0.798. The standard InChI is InChI=1S/C8H8O4.2Li/c9-7(10)5-3-1-2-4-6-8(11)12;;/h1-6H,(H,9,10)(H,11,12);;/q;2*+1/p-2/b2-1-,5-3-,6-4-;;. The molecule has 0 aromatic rings. The van der Waals surface area contributed by atoms with Crippen LogP contribution in [0.2, 0.25) is 0 Å². The van der Waals surface area contributed by atoms with Crippen LogP contribution in [0.4, 0.5) is 0 Å². The molecule has 0 aliphatic carbocycles. The van der Waals surface area contributed by atoms with E-state index < -0.39 is 11.9 Å². The van der Waals surface area contributed by atoms with Crippen molar-refractivity contribution in [3.05, 3.63) is 36.5 Å². The summed E-state index contributed by atoms with van der Waals surface area (Å²) in [7, 11) is 0. The van der Waals surface area contributed by atoms with Gasteiger partial charge in [-0.15, -0.1) is 0 Å². The molecular weight excluding hydrogens is 174 g/mol. The van der Waals surface area contributed by atoms with Gasteiger partial charge in [-0.25, -0.2) is 0 Å². The van der Waals surface area contributed by atoms with E-state index in [4.69, 9.17) is 0 Å². The molecule has 0 saturated heterocycles. The van der Waals surface area contributed by atoms with Gasteiger partial charge in [-0.2, -0.15) is 0 Å². The van der Waals surface area contributed by atoms with Crippen LogP contribution in [-0.4, -0.2) is 11.9 Å². The molecular formula is C8H6Li2O4. The normalized spacial score (nSPS) is 10.0. The Bertz CT molecular complexity index is 230. The second kappa shape index (κ2) is 12.4. The molecule has 0 rings (SSSR count). The summed E-state index contributed by atoms with van der Waals surface area (Å²) >= 11 is 0. The number of hydrogen-bond donors (Lipinski definition) is 0. The smallest absolute Gasteiger partial charge is 0.545 e. The fraction of sp³-hybridized carbons (Fsp3) is 0. The minimum absolute atomic E-state index is 0. The van der Waals surface area contributed by atoms with Gasteiger partial charge in [-0.05, 0) is 12.2 Å². The van der Waals surface area contributed by atoms with Crippen LogP contribution >= 0.6 is 0 Å². The van der Waals surface area contributed by atoms with Gasteiger partial charge in [0.2, 0.25) is 0 Å². The molecule has 0 aliphatic rings. The van der Waals surface area contributed by atoms with Crippen LogP contribution in [0.3, 0.4) is 0 Å². The van der Waals surface area contributed by atoms with E-state index in [9.17, 15) is 19.8 Å². The molecule has 0 bridgehead atoms. The van der Waals surface area contributed by atoms with Crippen LogP contribution in [0.25, 0.3) is 0 Å². The topological polar surface area (TPSA) is 80.3 Å². The monoisotopic (exact) mass is 180 g/mol. The quantitative estimate of drug-likeness (QED) is 0.244. The molecule has 0 heterocycles. The van der Waals surface area contributed by atoms with Crippen LogP contribution in [-0.2, 0) is 9.59 Å². The summed E-state index contributed by atoms with van der Waals surface area (Å²) in [5, 5.41) is 19.6. The van der Waals surface area contributed by atoms with Crippen molar-refractivity contribution < 1.29 is 57.5 Å². The van der Waals surface area contributed by atoms with Crippen LogP contribution in [0.15, 0.2) is 36.5 Å². The van der Waals surface area contributed by atoms with Crippen LogP contribution in [0, 0.1) is 0 Å². The number of aliphatic carboxylic acids is 2.